The molecule has 10 nitrogen and oxygen atoms in total. The van der Waals surface area contributed by atoms with Crippen LogP contribution in [0.3, 0.4) is 0 Å². The smallest absolute Gasteiger partial charge is 0.265 e. The molecule has 2 aromatic rings. The number of carbonyl (C=O) groups is 2. The van der Waals surface area contributed by atoms with Gasteiger partial charge in [0.2, 0.25) is 12.3 Å². The first-order chi connectivity index (χ1) is 18.4. The Labute approximate surface area is 222 Å². The molecule has 2 fully saturated rings. The van der Waals surface area contributed by atoms with Crippen molar-refractivity contribution in [1.29, 1.82) is 0 Å². The molecule has 3 aliphatic rings. The molecule has 3 heterocycles. The van der Waals surface area contributed by atoms with Crippen molar-refractivity contribution >= 4 is 34.1 Å². The van der Waals surface area contributed by atoms with Gasteiger partial charge in [0.25, 0.3) is 5.91 Å². The number of anilines is 1. The number of carbonyl (C=O) groups excluding carboxylic acids is 2. The second kappa shape index (κ2) is 10.8. The Hall–Kier alpha value is -3.89. The highest BCUT2D eigenvalue weighted by atomic mass is 16.5. The van der Waals surface area contributed by atoms with Crippen molar-refractivity contribution in [2.75, 3.05) is 51.3 Å². The number of rotatable bonds is 6. The van der Waals surface area contributed by atoms with Gasteiger partial charge in [0, 0.05) is 49.7 Å². The van der Waals surface area contributed by atoms with Crippen LogP contribution in [-0.4, -0.2) is 96.2 Å². The average molecular weight is 519 g/mol. The van der Waals surface area contributed by atoms with Gasteiger partial charge in [0.15, 0.2) is 0 Å². The van der Waals surface area contributed by atoms with Gasteiger partial charge in [0.05, 0.1) is 12.3 Å². The lowest BCUT2D eigenvalue weighted by molar-refractivity contribution is -0.127. The summed E-state index contributed by atoms with van der Waals surface area (Å²) in [4.78, 5) is 37.6. The Kier molecular flexibility index (Phi) is 7.35. The van der Waals surface area contributed by atoms with Crippen LogP contribution in [0.2, 0.25) is 0 Å². The maximum Gasteiger partial charge on any atom is 0.265 e. The zero-order valence-electron chi connectivity index (χ0n) is 21.6. The predicted molar refractivity (Wildman–Crippen MR) is 147 cm³/mol. The predicted octanol–water partition coefficient (Wildman–Crippen LogP) is 1.86. The van der Waals surface area contributed by atoms with E-state index in [1.54, 1.807) is 28.0 Å². The summed E-state index contributed by atoms with van der Waals surface area (Å²) in [6.45, 7) is 7.15. The number of hydrogen-bond acceptors (Lipinski definition) is 8. The number of amidine groups is 1. The number of fused-ring (bicyclic) bond motifs is 1. The van der Waals surface area contributed by atoms with Crippen molar-refractivity contribution in [3.63, 3.8) is 0 Å². The van der Waals surface area contributed by atoms with E-state index in [-0.39, 0.29) is 23.4 Å². The summed E-state index contributed by atoms with van der Waals surface area (Å²) < 4.78 is 6.43. The first-order valence-corrected chi connectivity index (χ1v) is 12.9. The number of nitrogens with two attached hydrogens (primary N) is 1. The van der Waals surface area contributed by atoms with E-state index in [4.69, 9.17) is 15.5 Å². The van der Waals surface area contributed by atoms with Crippen LogP contribution in [0.25, 0.3) is 10.8 Å². The largest absolute Gasteiger partial charge is 0.508 e. The summed E-state index contributed by atoms with van der Waals surface area (Å²) in [7, 11) is 2.08. The summed E-state index contributed by atoms with van der Waals surface area (Å²) in [5, 5.41) is 12.2. The van der Waals surface area contributed by atoms with Crippen molar-refractivity contribution in [3.05, 3.63) is 60.8 Å². The number of piperazine rings is 1. The zero-order valence-corrected chi connectivity index (χ0v) is 21.6. The van der Waals surface area contributed by atoms with E-state index in [0.29, 0.717) is 44.3 Å². The Morgan fingerprint density at radius 1 is 1.18 bits per heavy atom. The van der Waals surface area contributed by atoms with Crippen LogP contribution in [0.1, 0.15) is 12.8 Å². The SMILES string of the molecule is C=CC(=O)N1CCN(C2=NC(OC[C@@H]3CCCN3C)N(c3cc(O)cc4ccccc34)C(C(N)=O)=C2)CC1. The molecule has 0 aliphatic carbocycles. The fourth-order valence-corrected chi connectivity index (χ4v) is 5.39. The molecule has 1 unspecified atom stereocenters. The molecular formula is C28H34N6O4. The van der Waals surface area contributed by atoms with Gasteiger partial charge < -0.3 is 30.3 Å². The van der Waals surface area contributed by atoms with Gasteiger partial charge in [0.1, 0.15) is 17.3 Å². The average Bonchev–Trinajstić information content (AvgIpc) is 3.34. The Balaban J connectivity index is 1.52. The number of primary amides is 1. The van der Waals surface area contributed by atoms with Gasteiger partial charge in [-0.05, 0) is 44.0 Å². The number of ether oxygens (including phenoxy) is 1. The first-order valence-electron chi connectivity index (χ1n) is 12.9. The summed E-state index contributed by atoms with van der Waals surface area (Å²) in [6.07, 6.45) is 4.25. The third kappa shape index (κ3) is 5.09. The number of amides is 2. The molecule has 3 N–H and O–H groups in total. The fraction of sp³-hybridized carbons (Fsp3) is 0.393. The Morgan fingerprint density at radius 2 is 1.95 bits per heavy atom. The van der Waals surface area contributed by atoms with E-state index >= 15 is 0 Å². The van der Waals surface area contributed by atoms with Crippen molar-refractivity contribution in [3.8, 4) is 5.75 Å². The van der Waals surface area contributed by atoms with E-state index in [1.165, 1.54) is 6.08 Å². The van der Waals surface area contributed by atoms with Gasteiger partial charge in [-0.25, -0.2) is 4.99 Å². The maximum absolute atomic E-state index is 12.9. The molecule has 0 aromatic heterocycles. The van der Waals surface area contributed by atoms with Gasteiger partial charge in [-0.3, -0.25) is 14.5 Å². The molecule has 2 amide bonds. The molecule has 0 saturated carbocycles. The van der Waals surface area contributed by atoms with Crippen molar-refractivity contribution < 1.29 is 19.4 Å². The third-order valence-corrected chi connectivity index (χ3v) is 7.52. The number of phenols is 1. The maximum atomic E-state index is 12.9. The van der Waals surface area contributed by atoms with Crippen LogP contribution >= 0.6 is 0 Å². The molecule has 2 saturated heterocycles. The normalized spacial score (nSPS) is 22.4. The lowest BCUT2D eigenvalue weighted by atomic mass is 10.1. The van der Waals surface area contributed by atoms with E-state index in [2.05, 4.69) is 18.5 Å². The molecule has 0 spiro atoms. The number of phenolic OH excluding ortho intramolecular Hbond substituents is 1. The van der Waals surface area contributed by atoms with Crippen LogP contribution < -0.4 is 10.6 Å². The highest BCUT2D eigenvalue weighted by Crippen LogP contribution is 2.37. The molecule has 38 heavy (non-hydrogen) atoms. The highest BCUT2D eigenvalue weighted by molar-refractivity contribution is 6.08. The van der Waals surface area contributed by atoms with Crippen LogP contribution in [0.5, 0.6) is 5.75 Å². The lowest BCUT2D eigenvalue weighted by Crippen LogP contribution is -2.52. The molecule has 5 rings (SSSR count). The summed E-state index contributed by atoms with van der Waals surface area (Å²) in [5.74, 6) is -0.0890. The number of aliphatic imine (C=N–C) groups is 1. The standard InChI is InChI=1S/C28H34N6O4/c1-3-26(36)33-13-11-32(12-14-33)25-17-24(27(29)37)34(28(30-25)38-18-20-8-6-10-31(20)2)23-16-21(35)15-19-7-4-5-9-22(19)23/h3-5,7,9,15-17,20,28,35H,1,6,8,10-14,18H2,2H3,(H2,29,37)/t20-,28?/m0/s1. The zero-order chi connectivity index (χ0) is 26.8. The van der Waals surface area contributed by atoms with Gasteiger partial charge in [-0.15, -0.1) is 0 Å². The van der Waals surface area contributed by atoms with Gasteiger partial charge in [-0.2, -0.15) is 0 Å². The fourth-order valence-electron chi connectivity index (χ4n) is 5.39. The molecule has 10 heteroatoms. The molecule has 3 aliphatic heterocycles. The number of likely N-dealkylation sites (N-methyl/N-ethyl adjacent to an activating group) is 1. The highest BCUT2D eigenvalue weighted by Gasteiger charge is 2.35. The second-order valence-corrected chi connectivity index (χ2v) is 9.89. The monoisotopic (exact) mass is 518 g/mol. The summed E-state index contributed by atoms with van der Waals surface area (Å²) in [6, 6.07) is 11.2. The minimum Gasteiger partial charge on any atom is -0.508 e. The topological polar surface area (TPSA) is 115 Å². The van der Waals surface area contributed by atoms with Crippen LogP contribution in [0.4, 0.5) is 5.69 Å². The number of likely N-dealkylation sites (tertiary alicyclic amines) is 1. The number of nitrogens with zero attached hydrogens (tertiary/aromatic N) is 5. The van der Waals surface area contributed by atoms with Crippen molar-refractivity contribution in [2.24, 2.45) is 10.7 Å². The third-order valence-electron chi connectivity index (χ3n) is 7.52. The van der Waals surface area contributed by atoms with Gasteiger partial charge >= 0.3 is 0 Å². The minimum absolute atomic E-state index is 0.0644. The molecular weight excluding hydrogens is 484 g/mol. The lowest BCUT2D eigenvalue weighted by Gasteiger charge is -2.40. The summed E-state index contributed by atoms with van der Waals surface area (Å²) >= 11 is 0. The van der Waals surface area contributed by atoms with Crippen LogP contribution in [0.15, 0.2) is 65.8 Å². The van der Waals surface area contributed by atoms with Crippen LogP contribution in [-0.2, 0) is 14.3 Å². The van der Waals surface area contributed by atoms with Crippen LogP contribution in [0, 0.1) is 0 Å². The molecule has 0 radical (unpaired) electrons. The molecule has 2 aromatic carbocycles. The molecule has 2 atom stereocenters. The van der Waals surface area contributed by atoms with E-state index in [9.17, 15) is 14.7 Å². The van der Waals surface area contributed by atoms with Crippen molar-refractivity contribution in [1.82, 2.24) is 14.7 Å². The van der Waals surface area contributed by atoms with Crippen molar-refractivity contribution in [2.45, 2.75) is 25.2 Å². The van der Waals surface area contributed by atoms with Gasteiger partial charge in [-0.1, -0.05) is 30.8 Å². The summed E-state index contributed by atoms with van der Waals surface area (Å²) in [5.41, 5.74) is 6.74. The molecule has 200 valence electrons. The second-order valence-electron chi connectivity index (χ2n) is 9.89. The molecule has 0 bridgehead atoms. The first kappa shape index (κ1) is 25.7. The Morgan fingerprint density at radius 3 is 2.63 bits per heavy atom. The number of hydrogen-bond donors (Lipinski definition) is 2. The minimum atomic E-state index is -0.871. The quantitative estimate of drug-likeness (QED) is 0.561. The van der Waals surface area contributed by atoms with E-state index < -0.39 is 12.3 Å². The number of benzene rings is 2. The van der Waals surface area contributed by atoms with E-state index in [0.717, 1.165) is 30.2 Å². The van der Waals surface area contributed by atoms with E-state index in [1.807, 2.05) is 29.2 Å². The Bertz CT molecular complexity index is 1300. The number of aromatic hydroxyl groups is 1.